The minimum atomic E-state index is -3.94. The second-order valence-electron chi connectivity index (χ2n) is 3.22. The molecule has 1 aromatic rings. The highest BCUT2D eigenvalue weighted by molar-refractivity contribution is 7.93. The van der Waals surface area contributed by atoms with Crippen molar-refractivity contribution in [2.24, 2.45) is 0 Å². The van der Waals surface area contributed by atoms with E-state index in [4.69, 9.17) is 10.5 Å². The third-order valence-electron chi connectivity index (χ3n) is 2.00. The van der Waals surface area contributed by atoms with E-state index in [2.05, 4.69) is 0 Å². The average Bonchev–Trinajstić information content (AvgIpc) is 2.30. The van der Waals surface area contributed by atoms with Crippen LogP contribution in [-0.2, 0) is 10.0 Å². The molecule has 7 heteroatoms. The Labute approximate surface area is 98.2 Å². The van der Waals surface area contributed by atoms with E-state index < -0.39 is 21.1 Å². The first kappa shape index (κ1) is 12.9. The summed E-state index contributed by atoms with van der Waals surface area (Å²) < 4.78 is 38.3. The molecule has 0 fully saturated rings. The zero-order chi connectivity index (χ0) is 13.1. The van der Waals surface area contributed by atoms with E-state index in [-0.39, 0.29) is 11.3 Å². The van der Waals surface area contributed by atoms with Crippen LogP contribution in [0.2, 0.25) is 0 Å². The highest BCUT2D eigenvalue weighted by atomic mass is 32.2. The van der Waals surface area contributed by atoms with Crippen molar-refractivity contribution in [1.29, 1.82) is 10.5 Å². The van der Waals surface area contributed by atoms with Crippen LogP contribution in [0.25, 0.3) is 0 Å². The molecule has 17 heavy (non-hydrogen) atoms. The number of anilines is 1. The van der Waals surface area contributed by atoms with Gasteiger partial charge in [0.1, 0.15) is 5.82 Å². The number of benzene rings is 1. The number of nitrogens with one attached hydrogen (secondary N) is 1. The summed E-state index contributed by atoms with van der Waals surface area (Å²) in [5.41, 5.74) is -0.204. The standard InChI is InChI=1S/C10H8FN3O2S/c1-7(5-12)17(15,16)14-10-3-2-8(6-13)4-9(10)11/h2-4,7,14H,1H3. The van der Waals surface area contributed by atoms with Crippen molar-refractivity contribution in [3.05, 3.63) is 29.6 Å². The van der Waals surface area contributed by atoms with Crippen molar-refractivity contribution in [1.82, 2.24) is 0 Å². The van der Waals surface area contributed by atoms with Gasteiger partial charge in [0.25, 0.3) is 0 Å². The van der Waals surface area contributed by atoms with Crippen LogP contribution >= 0.6 is 0 Å². The van der Waals surface area contributed by atoms with Gasteiger partial charge in [0.2, 0.25) is 10.0 Å². The smallest absolute Gasteiger partial charge is 0.248 e. The Morgan fingerprint density at radius 3 is 2.53 bits per heavy atom. The van der Waals surface area contributed by atoms with Crippen molar-refractivity contribution in [3.63, 3.8) is 0 Å². The molecule has 0 aliphatic carbocycles. The molecule has 0 aliphatic rings. The van der Waals surface area contributed by atoms with Gasteiger partial charge in [0.05, 0.1) is 23.4 Å². The lowest BCUT2D eigenvalue weighted by Crippen LogP contribution is -2.24. The van der Waals surface area contributed by atoms with Crippen LogP contribution < -0.4 is 4.72 Å². The lowest BCUT2D eigenvalue weighted by atomic mass is 10.2. The maximum Gasteiger partial charge on any atom is 0.248 e. The molecule has 0 bridgehead atoms. The Morgan fingerprint density at radius 2 is 2.06 bits per heavy atom. The fourth-order valence-corrected chi connectivity index (χ4v) is 1.77. The number of hydrogen-bond donors (Lipinski definition) is 1. The Balaban J connectivity index is 3.07. The lowest BCUT2D eigenvalue weighted by Gasteiger charge is -2.09. The van der Waals surface area contributed by atoms with Crippen molar-refractivity contribution in [2.45, 2.75) is 12.2 Å². The molecule has 1 unspecified atom stereocenters. The van der Waals surface area contributed by atoms with Crippen LogP contribution in [0.15, 0.2) is 18.2 Å². The zero-order valence-corrected chi connectivity index (χ0v) is 9.62. The molecule has 0 amide bonds. The highest BCUT2D eigenvalue weighted by Crippen LogP contribution is 2.18. The summed E-state index contributed by atoms with van der Waals surface area (Å²) in [6.45, 7) is 1.18. The van der Waals surface area contributed by atoms with Crippen LogP contribution in [0.3, 0.4) is 0 Å². The molecule has 0 spiro atoms. The minimum Gasteiger partial charge on any atom is -0.279 e. The number of hydrogen-bond acceptors (Lipinski definition) is 4. The maximum absolute atomic E-state index is 13.4. The quantitative estimate of drug-likeness (QED) is 0.879. The summed E-state index contributed by atoms with van der Waals surface area (Å²) in [7, 11) is -3.94. The Morgan fingerprint density at radius 1 is 1.41 bits per heavy atom. The number of nitriles is 2. The first-order valence-corrected chi connectivity index (χ1v) is 6.06. The minimum absolute atomic E-state index is 0.0822. The van der Waals surface area contributed by atoms with Crippen LogP contribution in [-0.4, -0.2) is 13.7 Å². The second kappa shape index (κ2) is 4.81. The molecule has 5 nitrogen and oxygen atoms in total. The molecule has 0 aliphatic heterocycles. The summed E-state index contributed by atoms with van der Waals surface area (Å²) in [4.78, 5) is 0. The van der Waals surface area contributed by atoms with Gasteiger partial charge in [0.15, 0.2) is 5.25 Å². The van der Waals surface area contributed by atoms with Gasteiger partial charge >= 0.3 is 0 Å². The van der Waals surface area contributed by atoms with Crippen molar-refractivity contribution in [3.8, 4) is 12.1 Å². The molecule has 1 rings (SSSR count). The molecular formula is C10H8FN3O2S. The van der Waals surface area contributed by atoms with Crippen LogP contribution in [0.1, 0.15) is 12.5 Å². The van der Waals surface area contributed by atoms with Crippen molar-refractivity contribution in [2.75, 3.05) is 4.72 Å². The first-order valence-electron chi connectivity index (χ1n) is 4.51. The molecule has 0 radical (unpaired) electrons. The van der Waals surface area contributed by atoms with Crippen molar-refractivity contribution < 1.29 is 12.8 Å². The van der Waals surface area contributed by atoms with Crippen LogP contribution in [0.5, 0.6) is 0 Å². The summed E-state index contributed by atoms with van der Waals surface area (Å²) in [6.07, 6.45) is 0. The van der Waals surface area contributed by atoms with E-state index in [1.165, 1.54) is 13.0 Å². The summed E-state index contributed by atoms with van der Waals surface area (Å²) >= 11 is 0. The van der Waals surface area contributed by atoms with Crippen molar-refractivity contribution >= 4 is 15.7 Å². The van der Waals surface area contributed by atoms with Gasteiger partial charge in [-0.1, -0.05) is 0 Å². The third kappa shape index (κ3) is 2.92. The molecule has 1 aromatic carbocycles. The van der Waals surface area contributed by atoms with E-state index in [1.807, 2.05) is 4.72 Å². The highest BCUT2D eigenvalue weighted by Gasteiger charge is 2.21. The number of sulfonamides is 1. The molecule has 1 atom stereocenters. The molecule has 88 valence electrons. The molecule has 1 N–H and O–H groups in total. The van der Waals surface area contributed by atoms with Gasteiger partial charge in [-0.15, -0.1) is 0 Å². The van der Waals surface area contributed by atoms with E-state index in [9.17, 15) is 12.8 Å². The van der Waals surface area contributed by atoms with E-state index in [1.54, 1.807) is 12.1 Å². The van der Waals surface area contributed by atoms with Gasteiger partial charge < -0.3 is 0 Å². The molecular weight excluding hydrogens is 245 g/mol. The van der Waals surface area contributed by atoms with Crippen LogP contribution in [0, 0.1) is 28.5 Å². The molecule has 0 saturated carbocycles. The van der Waals surface area contributed by atoms with Gasteiger partial charge in [-0.2, -0.15) is 10.5 Å². The van der Waals surface area contributed by atoms with Gasteiger partial charge in [-0.3, -0.25) is 4.72 Å². The predicted molar refractivity (Wildman–Crippen MR) is 58.7 cm³/mol. The summed E-state index contributed by atoms with van der Waals surface area (Å²) in [5, 5.41) is 15.7. The van der Waals surface area contributed by atoms with Crippen LogP contribution in [0.4, 0.5) is 10.1 Å². The Kier molecular flexibility index (Phi) is 3.66. The Hall–Kier alpha value is -2.12. The molecule has 0 aromatic heterocycles. The SMILES string of the molecule is CC(C#N)S(=O)(=O)Nc1ccc(C#N)cc1F. The predicted octanol–water partition coefficient (Wildman–Crippen LogP) is 1.35. The van der Waals surface area contributed by atoms with E-state index in [0.717, 1.165) is 12.1 Å². The summed E-state index contributed by atoms with van der Waals surface area (Å²) in [5.74, 6) is -0.863. The molecule has 0 heterocycles. The monoisotopic (exact) mass is 253 g/mol. The van der Waals surface area contributed by atoms with Gasteiger partial charge in [-0.05, 0) is 25.1 Å². The maximum atomic E-state index is 13.4. The largest absolute Gasteiger partial charge is 0.279 e. The average molecular weight is 253 g/mol. The fraction of sp³-hybridized carbons (Fsp3) is 0.200. The van der Waals surface area contributed by atoms with E-state index in [0.29, 0.717) is 0 Å². The number of rotatable bonds is 3. The first-order chi connectivity index (χ1) is 7.90. The number of nitrogens with zero attached hydrogens (tertiary/aromatic N) is 2. The fourth-order valence-electron chi connectivity index (χ4n) is 0.978. The number of halogens is 1. The normalized spacial score (nSPS) is 12.2. The van der Waals surface area contributed by atoms with Gasteiger partial charge in [0, 0.05) is 0 Å². The molecule has 0 saturated heterocycles. The second-order valence-corrected chi connectivity index (χ2v) is 5.23. The lowest BCUT2D eigenvalue weighted by molar-refractivity contribution is 0.594. The van der Waals surface area contributed by atoms with Gasteiger partial charge in [-0.25, -0.2) is 12.8 Å². The third-order valence-corrected chi connectivity index (χ3v) is 3.54. The topological polar surface area (TPSA) is 93.8 Å². The van der Waals surface area contributed by atoms with E-state index >= 15 is 0 Å². The summed E-state index contributed by atoms with van der Waals surface area (Å²) in [6, 6.07) is 6.59. The zero-order valence-electron chi connectivity index (χ0n) is 8.81. The Bertz CT molecular complexity index is 613.